The number of esters is 2. The van der Waals surface area contributed by atoms with Gasteiger partial charge in [0.05, 0.1) is 35.5 Å². The van der Waals surface area contributed by atoms with Crippen molar-refractivity contribution in [2.45, 2.75) is 91.9 Å². The standard InChI is InChI=1S/C40H50O8/c1-5-9-17-27(7-3)25-47-39(45)35-31(23-29-19-13-11-14-20-29)33(37(41)42)34(38(43)44)32(24-30-21-15-12-16-22-30)36(35)40(46)48-26-28(8-4)18-10-6-2/h11-16,19-22,27-28H,5-10,17-18,23-26H2,1-4H3,(H,41,42)(H,43,44). The summed E-state index contributed by atoms with van der Waals surface area (Å²) in [5, 5.41) is 21.2. The summed E-state index contributed by atoms with van der Waals surface area (Å²) < 4.78 is 11.8. The molecule has 0 heterocycles. The monoisotopic (exact) mass is 658 g/mol. The molecular weight excluding hydrogens is 608 g/mol. The smallest absolute Gasteiger partial charge is 0.339 e. The lowest BCUT2D eigenvalue weighted by atomic mass is 9.81. The van der Waals surface area contributed by atoms with E-state index in [2.05, 4.69) is 13.8 Å². The summed E-state index contributed by atoms with van der Waals surface area (Å²) in [7, 11) is 0. The van der Waals surface area contributed by atoms with Gasteiger partial charge in [-0.1, -0.05) is 127 Å². The Morgan fingerprint density at radius 3 is 1.21 bits per heavy atom. The van der Waals surface area contributed by atoms with Gasteiger partial charge < -0.3 is 19.7 Å². The summed E-state index contributed by atoms with van der Waals surface area (Å²) in [6.45, 7) is 8.37. The van der Waals surface area contributed by atoms with Crippen molar-refractivity contribution in [3.8, 4) is 0 Å². The van der Waals surface area contributed by atoms with E-state index in [0.29, 0.717) is 11.1 Å². The van der Waals surface area contributed by atoms with Crippen molar-refractivity contribution in [2.75, 3.05) is 13.2 Å². The molecule has 0 spiro atoms. The van der Waals surface area contributed by atoms with Gasteiger partial charge in [-0.3, -0.25) is 0 Å². The molecule has 2 N–H and O–H groups in total. The number of hydrogen-bond acceptors (Lipinski definition) is 6. The van der Waals surface area contributed by atoms with E-state index < -0.39 is 35.0 Å². The molecule has 0 radical (unpaired) electrons. The highest BCUT2D eigenvalue weighted by Gasteiger charge is 2.37. The number of carbonyl (C=O) groups is 4. The Hall–Kier alpha value is -4.46. The number of unbranched alkanes of at least 4 members (excludes halogenated alkanes) is 2. The number of carboxylic acid groups (broad SMARTS) is 2. The van der Waals surface area contributed by atoms with Gasteiger partial charge in [0.25, 0.3) is 0 Å². The first-order valence-electron chi connectivity index (χ1n) is 17.3. The lowest BCUT2D eigenvalue weighted by Crippen LogP contribution is -2.27. The summed E-state index contributed by atoms with van der Waals surface area (Å²) in [6.07, 6.45) is 6.91. The van der Waals surface area contributed by atoms with Crippen LogP contribution in [0.2, 0.25) is 0 Å². The molecular formula is C40H50O8. The third kappa shape index (κ3) is 10.3. The van der Waals surface area contributed by atoms with Gasteiger partial charge in [0, 0.05) is 0 Å². The van der Waals surface area contributed by atoms with Crippen LogP contribution in [0.25, 0.3) is 0 Å². The third-order valence-electron chi connectivity index (χ3n) is 8.98. The highest BCUT2D eigenvalue weighted by atomic mass is 16.5. The minimum Gasteiger partial charge on any atom is -0.478 e. The molecule has 3 aromatic carbocycles. The average Bonchev–Trinajstić information content (AvgIpc) is 3.08. The van der Waals surface area contributed by atoms with E-state index in [1.54, 1.807) is 60.7 Å². The molecule has 3 aromatic rings. The second kappa shape index (κ2) is 19.4. The molecule has 0 saturated carbocycles. The fourth-order valence-electron chi connectivity index (χ4n) is 6.06. The van der Waals surface area contributed by atoms with Gasteiger partial charge in [-0.05, 0) is 59.8 Å². The maximum atomic E-state index is 14.3. The van der Waals surface area contributed by atoms with Crippen molar-refractivity contribution < 1.29 is 38.9 Å². The van der Waals surface area contributed by atoms with Gasteiger partial charge in [-0.25, -0.2) is 19.2 Å². The fraction of sp³-hybridized carbons (Fsp3) is 0.450. The Bertz CT molecular complexity index is 1400. The van der Waals surface area contributed by atoms with Gasteiger partial charge >= 0.3 is 23.9 Å². The van der Waals surface area contributed by atoms with Crippen LogP contribution in [0.5, 0.6) is 0 Å². The van der Waals surface area contributed by atoms with Crippen LogP contribution in [0, 0.1) is 11.8 Å². The Morgan fingerprint density at radius 2 is 0.917 bits per heavy atom. The number of rotatable bonds is 20. The lowest BCUT2D eigenvalue weighted by molar-refractivity contribution is 0.0378. The molecule has 2 atom stereocenters. The van der Waals surface area contributed by atoms with Crippen LogP contribution in [0.1, 0.15) is 143 Å². The molecule has 0 aromatic heterocycles. The zero-order valence-electron chi connectivity index (χ0n) is 28.8. The zero-order chi connectivity index (χ0) is 35.1. The van der Waals surface area contributed by atoms with Crippen molar-refractivity contribution in [2.24, 2.45) is 11.8 Å². The molecule has 0 aliphatic rings. The van der Waals surface area contributed by atoms with Crippen LogP contribution in [0.4, 0.5) is 0 Å². The normalized spacial score (nSPS) is 12.2. The second-order valence-corrected chi connectivity index (χ2v) is 12.4. The third-order valence-corrected chi connectivity index (χ3v) is 8.98. The predicted molar refractivity (Wildman–Crippen MR) is 186 cm³/mol. The maximum absolute atomic E-state index is 14.3. The summed E-state index contributed by atoms with van der Waals surface area (Å²) in [5.74, 6) is -4.61. The predicted octanol–water partition coefficient (Wildman–Crippen LogP) is 9.01. The number of benzene rings is 3. The first-order chi connectivity index (χ1) is 23.2. The van der Waals surface area contributed by atoms with Crippen molar-refractivity contribution >= 4 is 23.9 Å². The number of carboxylic acids is 2. The highest BCUT2D eigenvalue weighted by Crippen LogP contribution is 2.34. The van der Waals surface area contributed by atoms with Crippen molar-refractivity contribution in [1.82, 2.24) is 0 Å². The van der Waals surface area contributed by atoms with Crippen LogP contribution in [0.3, 0.4) is 0 Å². The Morgan fingerprint density at radius 1 is 0.562 bits per heavy atom. The maximum Gasteiger partial charge on any atom is 0.339 e. The highest BCUT2D eigenvalue weighted by molar-refractivity contribution is 6.13. The summed E-state index contributed by atoms with van der Waals surface area (Å²) >= 11 is 0. The number of hydrogen-bond donors (Lipinski definition) is 2. The molecule has 8 nitrogen and oxygen atoms in total. The molecule has 2 unspecified atom stereocenters. The first-order valence-corrected chi connectivity index (χ1v) is 17.3. The van der Waals surface area contributed by atoms with Gasteiger partial charge in [0.2, 0.25) is 0 Å². The molecule has 0 amide bonds. The van der Waals surface area contributed by atoms with E-state index in [0.717, 1.165) is 51.4 Å². The van der Waals surface area contributed by atoms with Crippen molar-refractivity contribution in [3.63, 3.8) is 0 Å². The zero-order valence-corrected chi connectivity index (χ0v) is 28.8. The van der Waals surface area contributed by atoms with Gasteiger partial charge in [0.15, 0.2) is 0 Å². The minimum absolute atomic E-state index is 0.0757. The summed E-state index contributed by atoms with van der Waals surface area (Å²) in [4.78, 5) is 54.7. The Kier molecular flexibility index (Phi) is 15.3. The second-order valence-electron chi connectivity index (χ2n) is 12.4. The first kappa shape index (κ1) is 38.0. The topological polar surface area (TPSA) is 127 Å². The van der Waals surface area contributed by atoms with Crippen LogP contribution >= 0.6 is 0 Å². The van der Waals surface area contributed by atoms with Crippen molar-refractivity contribution in [3.05, 3.63) is 105 Å². The molecule has 48 heavy (non-hydrogen) atoms. The van der Waals surface area contributed by atoms with E-state index in [4.69, 9.17) is 9.47 Å². The number of carbonyl (C=O) groups excluding carboxylic acids is 2. The molecule has 0 aliphatic heterocycles. The molecule has 0 bridgehead atoms. The largest absolute Gasteiger partial charge is 0.478 e. The van der Waals surface area contributed by atoms with Gasteiger partial charge in [-0.2, -0.15) is 0 Å². The van der Waals surface area contributed by atoms with E-state index in [1.807, 2.05) is 13.8 Å². The fourth-order valence-corrected chi connectivity index (χ4v) is 6.06. The lowest BCUT2D eigenvalue weighted by Gasteiger charge is -2.24. The van der Waals surface area contributed by atoms with Gasteiger partial charge in [0.1, 0.15) is 0 Å². The minimum atomic E-state index is -1.51. The van der Waals surface area contributed by atoms with E-state index in [-0.39, 0.29) is 60.1 Å². The Balaban J connectivity index is 2.36. The quantitative estimate of drug-likeness (QED) is 0.115. The number of ether oxygens (including phenoxy) is 2. The van der Waals surface area contributed by atoms with Crippen LogP contribution in [0.15, 0.2) is 60.7 Å². The molecule has 0 saturated heterocycles. The van der Waals surface area contributed by atoms with Gasteiger partial charge in [-0.15, -0.1) is 0 Å². The van der Waals surface area contributed by atoms with E-state index >= 15 is 0 Å². The van der Waals surface area contributed by atoms with Crippen LogP contribution < -0.4 is 0 Å². The van der Waals surface area contributed by atoms with Crippen LogP contribution in [-0.2, 0) is 22.3 Å². The SMILES string of the molecule is CCCCC(CC)COC(=O)c1c(Cc2ccccc2)c(C(=O)O)c(C(=O)O)c(Cc2ccccc2)c1C(=O)OCC(CC)CCCC. The molecule has 3 rings (SSSR count). The van der Waals surface area contributed by atoms with E-state index in [9.17, 15) is 29.4 Å². The Labute approximate surface area is 284 Å². The summed E-state index contributed by atoms with van der Waals surface area (Å²) in [5.41, 5.74) is -0.449. The van der Waals surface area contributed by atoms with E-state index in [1.165, 1.54) is 0 Å². The van der Waals surface area contributed by atoms with Crippen molar-refractivity contribution in [1.29, 1.82) is 0 Å². The molecule has 0 aliphatic carbocycles. The summed E-state index contributed by atoms with van der Waals surface area (Å²) in [6, 6.07) is 17.7. The molecule has 8 heteroatoms. The molecule has 0 fully saturated rings. The average molecular weight is 659 g/mol. The van der Waals surface area contributed by atoms with Crippen LogP contribution in [-0.4, -0.2) is 47.3 Å². The molecule has 258 valence electrons. The number of aromatic carboxylic acids is 2.